The van der Waals surface area contributed by atoms with Crippen molar-refractivity contribution in [3.05, 3.63) is 29.6 Å². The molecule has 1 nitrogen and oxygen atoms in total. The Balaban J connectivity index is 2.68. The van der Waals surface area contributed by atoms with E-state index in [9.17, 15) is 4.39 Å². The van der Waals surface area contributed by atoms with Gasteiger partial charge in [0.2, 0.25) is 0 Å². The average Bonchev–Trinajstić information content (AvgIpc) is 2.23. The Kier molecular flexibility index (Phi) is 5.29. The van der Waals surface area contributed by atoms with Crippen molar-refractivity contribution in [2.45, 2.75) is 43.9 Å². The van der Waals surface area contributed by atoms with E-state index in [1.807, 2.05) is 13.0 Å². The van der Waals surface area contributed by atoms with Crippen molar-refractivity contribution in [2.75, 3.05) is 6.54 Å². The quantitative estimate of drug-likeness (QED) is 0.790. The van der Waals surface area contributed by atoms with E-state index >= 15 is 0 Å². The maximum atomic E-state index is 13.1. The minimum atomic E-state index is -0.156. The number of benzene rings is 1. The molecule has 0 radical (unpaired) electrons. The Morgan fingerprint density at radius 3 is 2.69 bits per heavy atom. The van der Waals surface area contributed by atoms with Crippen LogP contribution in [0.15, 0.2) is 23.1 Å². The van der Waals surface area contributed by atoms with E-state index in [0.29, 0.717) is 11.3 Å². The molecule has 1 aromatic rings. The highest BCUT2D eigenvalue weighted by atomic mass is 32.2. The highest BCUT2D eigenvalue weighted by molar-refractivity contribution is 8.00. The monoisotopic (exact) mass is 241 g/mol. The lowest BCUT2D eigenvalue weighted by Gasteiger charge is -2.21. The second kappa shape index (κ2) is 6.26. The number of thioether (sulfide) groups is 1. The predicted molar refractivity (Wildman–Crippen MR) is 69.6 cm³/mol. The Morgan fingerprint density at radius 1 is 1.38 bits per heavy atom. The van der Waals surface area contributed by atoms with Crippen LogP contribution < -0.4 is 5.32 Å². The summed E-state index contributed by atoms with van der Waals surface area (Å²) in [6, 6.07) is 5.40. The van der Waals surface area contributed by atoms with Crippen LogP contribution in [0.4, 0.5) is 4.39 Å². The number of aryl methyl sites for hydroxylation is 1. The van der Waals surface area contributed by atoms with Crippen LogP contribution in [0, 0.1) is 12.7 Å². The van der Waals surface area contributed by atoms with Crippen LogP contribution in [0.3, 0.4) is 0 Å². The molecule has 0 heterocycles. The zero-order valence-electron chi connectivity index (χ0n) is 10.4. The Labute approximate surface area is 102 Å². The van der Waals surface area contributed by atoms with E-state index < -0.39 is 0 Å². The highest BCUT2D eigenvalue weighted by Crippen LogP contribution is 2.28. The lowest BCUT2D eigenvalue weighted by Crippen LogP contribution is -2.33. The lowest BCUT2D eigenvalue weighted by molar-refractivity contribution is 0.563. The third-order valence-electron chi connectivity index (χ3n) is 2.69. The second-order valence-electron chi connectivity index (χ2n) is 4.08. The summed E-state index contributed by atoms with van der Waals surface area (Å²) in [4.78, 5) is 1.04. The van der Waals surface area contributed by atoms with Gasteiger partial charge in [-0.05, 0) is 38.1 Å². The molecule has 16 heavy (non-hydrogen) atoms. The SMILES string of the molecule is CCNC(C)C(C)Sc1cc(F)ccc1C. The summed E-state index contributed by atoms with van der Waals surface area (Å²) in [5.74, 6) is -0.156. The van der Waals surface area contributed by atoms with Crippen molar-refractivity contribution >= 4 is 11.8 Å². The summed E-state index contributed by atoms with van der Waals surface area (Å²) in [5, 5.41) is 3.82. The molecule has 0 saturated carbocycles. The van der Waals surface area contributed by atoms with E-state index in [1.165, 1.54) is 6.07 Å². The third kappa shape index (κ3) is 3.80. The van der Waals surface area contributed by atoms with Crippen LogP contribution in [0.1, 0.15) is 26.3 Å². The zero-order valence-corrected chi connectivity index (χ0v) is 11.2. The van der Waals surface area contributed by atoms with Gasteiger partial charge in [-0.1, -0.05) is 19.9 Å². The number of rotatable bonds is 5. The normalized spacial score (nSPS) is 14.8. The van der Waals surface area contributed by atoms with Crippen LogP contribution in [0.2, 0.25) is 0 Å². The molecule has 0 saturated heterocycles. The molecule has 0 spiro atoms. The van der Waals surface area contributed by atoms with Crippen LogP contribution >= 0.6 is 11.8 Å². The fourth-order valence-corrected chi connectivity index (χ4v) is 2.63. The maximum Gasteiger partial charge on any atom is 0.124 e. The molecule has 3 heteroatoms. The summed E-state index contributed by atoms with van der Waals surface area (Å²) in [6.07, 6.45) is 0. The average molecular weight is 241 g/mol. The van der Waals surface area contributed by atoms with Crippen LogP contribution in [0.5, 0.6) is 0 Å². The fraction of sp³-hybridized carbons (Fsp3) is 0.538. The van der Waals surface area contributed by atoms with Gasteiger partial charge in [0, 0.05) is 16.2 Å². The van der Waals surface area contributed by atoms with Crippen molar-refractivity contribution in [1.29, 1.82) is 0 Å². The molecule has 0 aliphatic rings. The topological polar surface area (TPSA) is 12.0 Å². The molecule has 2 atom stereocenters. The first-order valence-electron chi connectivity index (χ1n) is 5.70. The number of hydrogen-bond acceptors (Lipinski definition) is 2. The first-order valence-corrected chi connectivity index (χ1v) is 6.58. The van der Waals surface area contributed by atoms with Gasteiger partial charge in [-0.25, -0.2) is 4.39 Å². The molecule has 2 unspecified atom stereocenters. The predicted octanol–water partition coefficient (Wildman–Crippen LogP) is 3.61. The van der Waals surface area contributed by atoms with Crippen molar-refractivity contribution < 1.29 is 4.39 Å². The summed E-state index contributed by atoms with van der Waals surface area (Å²) in [5.41, 5.74) is 1.14. The molecular weight excluding hydrogens is 221 g/mol. The standard InChI is InChI=1S/C13H20FNS/c1-5-15-10(3)11(4)16-13-8-12(14)7-6-9(13)2/h6-8,10-11,15H,5H2,1-4H3. The van der Waals surface area contributed by atoms with E-state index in [-0.39, 0.29) is 5.82 Å². The van der Waals surface area contributed by atoms with Gasteiger partial charge in [-0.15, -0.1) is 11.8 Å². The molecule has 0 fully saturated rings. The molecule has 0 aliphatic carbocycles. The van der Waals surface area contributed by atoms with Gasteiger partial charge in [0.05, 0.1) is 0 Å². The number of nitrogens with one attached hydrogen (secondary N) is 1. The van der Waals surface area contributed by atoms with E-state index in [4.69, 9.17) is 0 Å². The molecule has 90 valence electrons. The third-order valence-corrected chi connectivity index (χ3v) is 4.17. The number of hydrogen-bond donors (Lipinski definition) is 1. The largest absolute Gasteiger partial charge is 0.313 e. The van der Waals surface area contributed by atoms with Gasteiger partial charge in [0.25, 0.3) is 0 Å². The van der Waals surface area contributed by atoms with Crippen molar-refractivity contribution in [2.24, 2.45) is 0 Å². The Hall–Kier alpha value is -0.540. The van der Waals surface area contributed by atoms with Gasteiger partial charge in [0.1, 0.15) is 5.82 Å². The molecular formula is C13H20FNS. The summed E-state index contributed by atoms with van der Waals surface area (Å²) in [6.45, 7) is 9.42. The van der Waals surface area contributed by atoms with E-state index in [1.54, 1.807) is 17.8 Å². The van der Waals surface area contributed by atoms with E-state index in [0.717, 1.165) is 17.0 Å². The molecule has 0 bridgehead atoms. The lowest BCUT2D eigenvalue weighted by atomic mass is 10.2. The number of halogens is 1. The van der Waals surface area contributed by atoms with Gasteiger partial charge >= 0.3 is 0 Å². The van der Waals surface area contributed by atoms with Crippen LogP contribution in [-0.4, -0.2) is 17.8 Å². The summed E-state index contributed by atoms with van der Waals surface area (Å²) >= 11 is 1.73. The van der Waals surface area contributed by atoms with Gasteiger partial charge in [0.15, 0.2) is 0 Å². The zero-order chi connectivity index (χ0) is 12.1. The van der Waals surface area contributed by atoms with Crippen LogP contribution in [0.25, 0.3) is 0 Å². The molecule has 0 amide bonds. The first-order chi connectivity index (χ1) is 7.54. The fourth-order valence-electron chi connectivity index (χ4n) is 1.49. The molecule has 0 aliphatic heterocycles. The second-order valence-corrected chi connectivity index (χ2v) is 5.50. The molecule has 0 aromatic heterocycles. The minimum Gasteiger partial charge on any atom is -0.313 e. The van der Waals surface area contributed by atoms with Crippen molar-refractivity contribution in [3.63, 3.8) is 0 Å². The van der Waals surface area contributed by atoms with Gasteiger partial charge in [-0.3, -0.25) is 0 Å². The highest BCUT2D eigenvalue weighted by Gasteiger charge is 2.13. The molecule has 1 aromatic carbocycles. The van der Waals surface area contributed by atoms with Gasteiger partial charge < -0.3 is 5.32 Å². The van der Waals surface area contributed by atoms with E-state index in [2.05, 4.69) is 26.1 Å². The summed E-state index contributed by atoms with van der Waals surface area (Å²) < 4.78 is 13.1. The first kappa shape index (κ1) is 13.5. The van der Waals surface area contributed by atoms with Crippen LogP contribution in [-0.2, 0) is 0 Å². The van der Waals surface area contributed by atoms with Crippen molar-refractivity contribution in [1.82, 2.24) is 5.32 Å². The summed E-state index contributed by atoms with van der Waals surface area (Å²) in [7, 11) is 0. The molecule has 1 N–H and O–H groups in total. The Bertz CT molecular complexity index is 341. The van der Waals surface area contributed by atoms with Crippen molar-refractivity contribution in [3.8, 4) is 0 Å². The maximum absolute atomic E-state index is 13.1. The smallest absolute Gasteiger partial charge is 0.124 e. The molecule has 1 rings (SSSR count). The Morgan fingerprint density at radius 2 is 2.06 bits per heavy atom. The minimum absolute atomic E-state index is 0.156. The van der Waals surface area contributed by atoms with Gasteiger partial charge in [-0.2, -0.15) is 0 Å².